The van der Waals surface area contributed by atoms with Crippen LogP contribution in [0.5, 0.6) is 0 Å². The molecule has 0 saturated carbocycles. The molecule has 0 fully saturated rings. The summed E-state index contributed by atoms with van der Waals surface area (Å²) in [5.74, 6) is 0. The average molecular weight is 410 g/mol. The molecule has 3 aromatic rings. The number of rotatable bonds is 5. The fourth-order valence-corrected chi connectivity index (χ4v) is 3.85. The highest BCUT2D eigenvalue weighted by atomic mass is 19.3. The van der Waals surface area contributed by atoms with Crippen LogP contribution in [-0.2, 0) is 0 Å². The molecule has 0 aliphatic heterocycles. The predicted molar refractivity (Wildman–Crippen MR) is 115 cm³/mol. The van der Waals surface area contributed by atoms with Gasteiger partial charge in [0.05, 0.1) is 23.5 Å². The number of nitrogens with one attached hydrogen (secondary N) is 1. The van der Waals surface area contributed by atoms with Gasteiger partial charge in [0.25, 0.3) is 6.43 Å². The quantitative estimate of drug-likeness (QED) is 0.500. The van der Waals surface area contributed by atoms with Gasteiger partial charge >= 0.3 is 0 Å². The number of hydrogen-bond donors (Lipinski definition) is 3. The Morgan fingerprint density at radius 2 is 1.97 bits per heavy atom. The highest BCUT2D eigenvalue weighted by Crippen LogP contribution is 2.33. The Labute approximate surface area is 173 Å². The topological polar surface area (TPSA) is 84.1 Å². The van der Waals surface area contributed by atoms with Crippen molar-refractivity contribution >= 4 is 27.9 Å². The zero-order chi connectivity index (χ0) is 21.3. The summed E-state index contributed by atoms with van der Waals surface area (Å²) in [4.78, 5) is 0. The van der Waals surface area contributed by atoms with E-state index < -0.39 is 6.43 Å². The smallest absolute Gasteiger partial charge is 0.263 e. The molecule has 0 amide bonds. The zero-order valence-corrected chi connectivity index (χ0v) is 16.6. The van der Waals surface area contributed by atoms with Crippen LogP contribution >= 0.6 is 0 Å². The zero-order valence-electron chi connectivity index (χ0n) is 16.6. The summed E-state index contributed by atoms with van der Waals surface area (Å²) in [5.41, 5.74) is 10.5. The largest absolute Gasteiger partial charge is 0.399 e. The van der Waals surface area contributed by atoms with Crippen molar-refractivity contribution < 1.29 is 13.9 Å². The number of anilines is 2. The fourth-order valence-electron chi connectivity index (χ4n) is 3.85. The lowest BCUT2D eigenvalue weighted by molar-refractivity contribution is 0.151. The van der Waals surface area contributed by atoms with E-state index >= 15 is 0 Å². The maximum absolute atomic E-state index is 13.2. The SMILES string of the molecule is C[C@@H](Nc1cnnc2ccc(C3=CCC(O)CC3)cc12)c1cc(N)cc(C(F)F)c1. The van der Waals surface area contributed by atoms with Gasteiger partial charge < -0.3 is 16.2 Å². The normalized spacial score (nSPS) is 17.8. The second-order valence-electron chi connectivity index (χ2n) is 7.75. The van der Waals surface area contributed by atoms with E-state index in [1.807, 2.05) is 19.1 Å². The standard InChI is InChI=1S/C23H24F2N4O/c1-13(16-8-17(23(24)25)10-18(26)9-16)28-22-12-27-29-21-7-4-15(11-20(21)22)14-2-5-19(30)6-3-14/h2,4,7-13,19,23,30H,3,5-6,26H2,1H3,(H,28,29)/t13-,19?/m1/s1. The third-order valence-corrected chi connectivity index (χ3v) is 5.52. The number of nitrogens with two attached hydrogens (primary N) is 1. The van der Waals surface area contributed by atoms with Crippen molar-refractivity contribution in [1.82, 2.24) is 10.2 Å². The van der Waals surface area contributed by atoms with E-state index in [1.165, 1.54) is 17.7 Å². The van der Waals surface area contributed by atoms with Crippen molar-refractivity contribution in [2.24, 2.45) is 0 Å². The number of nitrogen functional groups attached to an aromatic ring is 1. The van der Waals surface area contributed by atoms with Crippen LogP contribution < -0.4 is 11.1 Å². The summed E-state index contributed by atoms with van der Waals surface area (Å²) < 4.78 is 26.3. The molecule has 2 aromatic carbocycles. The maximum Gasteiger partial charge on any atom is 0.263 e. The van der Waals surface area contributed by atoms with Crippen LogP contribution in [0.2, 0.25) is 0 Å². The Bertz CT molecular complexity index is 1100. The van der Waals surface area contributed by atoms with Gasteiger partial charge in [-0.05, 0) is 73.2 Å². The second kappa shape index (κ2) is 8.36. The lowest BCUT2D eigenvalue weighted by Gasteiger charge is -2.20. The molecule has 4 N–H and O–H groups in total. The van der Waals surface area contributed by atoms with E-state index in [4.69, 9.17) is 5.73 Å². The van der Waals surface area contributed by atoms with Gasteiger partial charge in [0, 0.05) is 22.7 Å². The minimum Gasteiger partial charge on any atom is -0.399 e. The van der Waals surface area contributed by atoms with Crippen LogP contribution in [0.15, 0.2) is 48.7 Å². The third-order valence-electron chi connectivity index (χ3n) is 5.52. The third kappa shape index (κ3) is 4.26. The maximum atomic E-state index is 13.2. The number of aromatic nitrogens is 2. The molecule has 0 spiro atoms. The van der Waals surface area contributed by atoms with Crippen LogP contribution in [0.25, 0.3) is 16.5 Å². The number of fused-ring (bicyclic) bond motifs is 1. The summed E-state index contributed by atoms with van der Waals surface area (Å²) in [6.07, 6.45) is 3.11. The molecule has 1 aliphatic rings. The first-order valence-electron chi connectivity index (χ1n) is 9.98. The number of alkyl halides is 2. The lowest BCUT2D eigenvalue weighted by atomic mass is 9.91. The molecule has 7 heteroatoms. The van der Waals surface area contributed by atoms with Crippen LogP contribution in [0.1, 0.15) is 55.3 Å². The van der Waals surface area contributed by atoms with Gasteiger partial charge in [-0.1, -0.05) is 12.1 Å². The van der Waals surface area contributed by atoms with Gasteiger partial charge in [0.2, 0.25) is 0 Å². The van der Waals surface area contributed by atoms with E-state index in [1.54, 1.807) is 12.3 Å². The lowest BCUT2D eigenvalue weighted by Crippen LogP contribution is -2.10. The number of aliphatic hydroxyl groups is 1. The molecule has 0 radical (unpaired) electrons. The Morgan fingerprint density at radius 3 is 2.70 bits per heavy atom. The molecular weight excluding hydrogens is 386 g/mol. The Hall–Kier alpha value is -3.06. The molecule has 1 aromatic heterocycles. The Kier molecular flexibility index (Phi) is 5.63. The molecule has 0 bridgehead atoms. The molecule has 4 rings (SSSR count). The van der Waals surface area contributed by atoms with E-state index in [0.717, 1.165) is 35.0 Å². The summed E-state index contributed by atoms with van der Waals surface area (Å²) in [6.45, 7) is 1.89. The van der Waals surface area contributed by atoms with E-state index in [9.17, 15) is 13.9 Å². The first-order chi connectivity index (χ1) is 14.4. The molecule has 1 unspecified atom stereocenters. The second-order valence-corrected chi connectivity index (χ2v) is 7.75. The number of aliphatic hydroxyl groups excluding tert-OH is 1. The van der Waals surface area contributed by atoms with Gasteiger partial charge in [0.1, 0.15) is 0 Å². The highest BCUT2D eigenvalue weighted by Gasteiger charge is 2.16. The molecule has 0 saturated heterocycles. The van der Waals surface area contributed by atoms with Crippen molar-refractivity contribution in [3.05, 3.63) is 65.4 Å². The van der Waals surface area contributed by atoms with Crippen LogP contribution in [0.3, 0.4) is 0 Å². The predicted octanol–water partition coefficient (Wildman–Crippen LogP) is 5.25. The average Bonchev–Trinajstić information content (AvgIpc) is 2.73. The van der Waals surface area contributed by atoms with E-state index in [0.29, 0.717) is 17.7 Å². The summed E-state index contributed by atoms with van der Waals surface area (Å²) in [6, 6.07) is 10.2. The van der Waals surface area contributed by atoms with Crippen LogP contribution in [0, 0.1) is 0 Å². The van der Waals surface area contributed by atoms with E-state index in [2.05, 4.69) is 27.7 Å². The number of allylic oxidation sites excluding steroid dienone is 1. The van der Waals surface area contributed by atoms with Crippen molar-refractivity contribution in [2.75, 3.05) is 11.1 Å². The fraction of sp³-hybridized carbons (Fsp3) is 0.304. The Morgan fingerprint density at radius 1 is 1.17 bits per heavy atom. The van der Waals surface area contributed by atoms with E-state index in [-0.39, 0.29) is 17.7 Å². The molecule has 1 heterocycles. The number of halogens is 2. The minimum absolute atomic E-state index is 0.0925. The molecule has 2 atom stereocenters. The van der Waals surface area contributed by atoms with Crippen molar-refractivity contribution in [1.29, 1.82) is 0 Å². The van der Waals surface area contributed by atoms with Gasteiger partial charge in [-0.2, -0.15) is 10.2 Å². The number of benzene rings is 2. The summed E-state index contributed by atoms with van der Waals surface area (Å²) >= 11 is 0. The van der Waals surface area contributed by atoms with Crippen molar-refractivity contribution in [3.8, 4) is 0 Å². The highest BCUT2D eigenvalue weighted by molar-refractivity contribution is 5.93. The van der Waals surface area contributed by atoms with Crippen molar-refractivity contribution in [2.45, 2.75) is 44.8 Å². The first-order valence-corrected chi connectivity index (χ1v) is 9.98. The van der Waals surface area contributed by atoms with Gasteiger partial charge in [-0.3, -0.25) is 0 Å². The summed E-state index contributed by atoms with van der Waals surface area (Å²) in [7, 11) is 0. The van der Waals surface area contributed by atoms with Crippen LogP contribution in [-0.4, -0.2) is 21.4 Å². The van der Waals surface area contributed by atoms with Gasteiger partial charge in [-0.15, -0.1) is 0 Å². The summed E-state index contributed by atoms with van der Waals surface area (Å²) in [5, 5.41) is 22.3. The molecular formula is C23H24F2N4O. The molecule has 30 heavy (non-hydrogen) atoms. The molecule has 156 valence electrons. The van der Waals surface area contributed by atoms with Gasteiger partial charge in [-0.25, -0.2) is 8.78 Å². The van der Waals surface area contributed by atoms with Crippen LogP contribution in [0.4, 0.5) is 20.2 Å². The minimum atomic E-state index is -2.58. The van der Waals surface area contributed by atoms with Crippen molar-refractivity contribution in [3.63, 3.8) is 0 Å². The first kappa shape index (κ1) is 20.2. The molecule has 5 nitrogen and oxygen atoms in total. The monoisotopic (exact) mass is 410 g/mol. The molecule has 1 aliphatic carbocycles. The number of nitrogens with zero attached hydrogens (tertiary/aromatic N) is 2. The number of hydrogen-bond acceptors (Lipinski definition) is 5. The van der Waals surface area contributed by atoms with Gasteiger partial charge in [0.15, 0.2) is 0 Å². The Balaban J connectivity index is 1.66.